The van der Waals surface area contributed by atoms with Crippen LogP contribution in [0, 0.1) is 0 Å². The van der Waals surface area contributed by atoms with Crippen LogP contribution in [0.3, 0.4) is 0 Å². The van der Waals surface area contributed by atoms with E-state index in [-0.39, 0.29) is 0 Å². The first-order valence-corrected chi connectivity index (χ1v) is 4.62. The fourth-order valence-corrected chi connectivity index (χ4v) is 2.09. The van der Waals surface area contributed by atoms with E-state index in [1.54, 1.807) is 11.8 Å². The van der Waals surface area contributed by atoms with Crippen LogP contribution in [0.2, 0.25) is 0 Å². The van der Waals surface area contributed by atoms with Gasteiger partial charge in [0.25, 0.3) is 0 Å². The van der Waals surface area contributed by atoms with Crippen LogP contribution >= 0.6 is 11.8 Å². The van der Waals surface area contributed by atoms with Gasteiger partial charge in [0.2, 0.25) is 0 Å². The molecule has 0 spiro atoms. The van der Waals surface area contributed by atoms with Crippen molar-refractivity contribution in [3.8, 4) is 0 Å². The lowest BCUT2D eigenvalue weighted by Crippen LogP contribution is -2.41. The van der Waals surface area contributed by atoms with Crippen molar-refractivity contribution < 1.29 is 0 Å². The molecule has 1 fully saturated rings. The molecule has 0 aromatic rings. The minimum atomic E-state index is 0.436. The van der Waals surface area contributed by atoms with Crippen molar-refractivity contribution in [1.82, 2.24) is 10.6 Å². The molecule has 0 aliphatic carbocycles. The Morgan fingerprint density at radius 1 is 1.40 bits per heavy atom. The Kier molecular flexibility index (Phi) is 1.93. The highest BCUT2D eigenvalue weighted by Crippen LogP contribution is 2.14. The molecule has 0 radical (unpaired) electrons. The minimum absolute atomic E-state index is 0.436. The van der Waals surface area contributed by atoms with Crippen LogP contribution < -0.4 is 10.6 Å². The quantitative estimate of drug-likeness (QED) is 0.546. The molecule has 0 aromatic carbocycles. The highest BCUT2D eigenvalue weighted by Gasteiger charge is 2.24. The van der Waals surface area contributed by atoms with E-state index in [1.807, 2.05) is 5.55 Å². The summed E-state index contributed by atoms with van der Waals surface area (Å²) in [6, 6.07) is 0.465. The van der Waals surface area contributed by atoms with Crippen molar-refractivity contribution in [1.29, 1.82) is 0 Å². The van der Waals surface area contributed by atoms with Gasteiger partial charge in [-0.3, -0.25) is 15.6 Å². The molecule has 2 aliphatic rings. The van der Waals surface area contributed by atoms with E-state index in [0.717, 1.165) is 18.8 Å². The van der Waals surface area contributed by atoms with Crippen molar-refractivity contribution in [2.45, 2.75) is 12.2 Å². The second-order valence-corrected chi connectivity index (χ2v) is 3.42. The van der Waals surface area contributed by atoms with E-state index in [4.69, 9.17) is 0 Å². The number of hydrogen-bond acceptors (Lipinski definition) is 4. The maximum Gasteiger partial charge on any atom is 0.0884 e. The van der Waals surface area contributed by atoms with Gasteiger partial charge >= 0.3 is 0 Å². The van der Waals surface area contributed by atoms with E-state index < -0.39 is 0 Å². The first-order valence-electron chi connectivity index (χ1n) is 3.57. The third-order valence-corrected chi connectivity index (χ3v) is 2.64. The van der Waals surface area contributed by atoms with Crippen molar-refractivity contribution >= 4 is 17.3 Å². The lowest BCUT2D eigenvalue weighted by atomic mass is 10.3. The lowest BCUT2D eigenvalue weighted by molar-refractivity contribution is 0.484. The molecule has 2 N–H and O–H groups in total. The Morgan fingerprint density at radius 2 is 2.20 bits per heavy atom. The van der Waals surface area contributed by atoms with Crippen molar-refractivity contribution in [3.05, 3.63) is 0 Å². The number of nitrogens with one attached hydrogen (secondary N) is 2. The highest BCUT2D eigenvalue weighted by atomic mass is 32.2. The van der Waals surface area contributed by atoms with Crippen LogP contribution in [-0.2, 0) is 0 Å². The van der Waals surface area contributed by atoms with E-state index in [0.29, 0.717) is 12.2 Å². The van der Waals surface area contributed by atoms with E-state index in [2.05, 4.69) is 15.6 Å². The predicted octanol–water partition coefficient (Wildman–Crippen LogP) is -0.351. The molecule has 2 heterocycles. The van der Waals surface area contributed by atoms with E-state index in [9.17, 15) is 0 Å². The van der Waals surface area contributed by atoms with Crippen LogP contribution in [0.25, 0.3) is 0 Å². The molecule has 1 unspecified atom stereocenters. The summed E-state index contributed by atoms with van der Waals surface area (Å²) >= 11 is 1.80. The molecule has 10 heavy (non-hydrogen) atoms. The van der Waals surface area contributed by atoms with Gasteiger partial charge in [0.15, 0.2) is 0 Å². The van der Waals surface area contributed by atoms with Gasteiger partial charge in [-0.1, -0.05) is 0 Å². The molecule has 3 nitrogen and oxygen atoms in total. The molecular weight excluding hydrogens is 146 g/mol. The van der Waals surface area contributed by atoms with E-state index in [1.165, 1.54) is 0 Å². The molecular formula is C6H11N3S. The summed E-state index contributed by atoms with van der Waals surface area (Å²) in [4.78, 5) is 4.33. The first kappa shape index (κ1) is 6.64. The number of hydrogen-bond donors (Lipinski definition) is 2. The van der Waals surface area contributed by atoms with Gasteiger partial charge in [-0.2, -0.15) is 0 Å². The van der Waals surface area contributed by atoms with Gasteiger partial charge in [0.1, 0.15) is 0 Å². The number of aliphatic imine (C=N–C) groups is 1. The third-order valence-electron chi connectivity index (χ3n) is 1.83. The minimum Gasteiger partial charge on any atom is -0.299 e. The van der Waals surface area contributed by atoms with Crippen LogP contribution in [-0.4, -0.2) is 36.6 Å². The zero-order chi connectivity index (χ0) is 6.81. The first-order chi connectivity index (χ1) is 4.97. The van der Waals surface area contributed by atoms with Crippen LogP contribution in [0.15, 0.2) is 4.99 Å². The highest BCUT2D eigenvalue weighted by molar-refractivity contribution is 8.12. The van der Waals surface area contributed by atoms with Gasteiger partial charge < -0.3 is 0 Å². The van der Waals surface area contributed by atoms with Crippen molar-refractivity contribution in [3.63, 3.8) is 0 Å². The number of rotatable bonds is 1. The summed E-state index contributed by atoms with van der Waals surface area (Å²) in [5.41, 5.74) is 1.95. The van der Waals surface area contributed by atoms with Gasteiger partial charge in [-0.05, 0) is 0 Å². The molecule has 1 atom stereocenters. The fourth-order valence-electron chi connectivity index (χ4n) is 1.29. The Morgan fingerprint density at radius 3 is 2.80 bits per heavy atom. The molecule has 0 amide bonds. The van der Waals surface area contributed by atoms with Gasteiger partial charge in [0, 0.05) is 18.8 Å². The largest absolute Gasteiger partial charge is 0.299 e. The average Bonchev–Trinajstić information content (AvgIpc) is 2.59. The zero-order valence-electron chi connectivity index (χ0n) is 5.71. The molecule has 0 aromatic heterocycles. The summed E-state index contributed by atoms with van der Waals surface area (Å²) in [7, 11) is 0. The van der Waals surface area contributed by atoms with Crippen LogP contribution in [0.4, 0.5) is 0 Å². The maximum absolute atomic E-state index is 4.33. The molecule has 1 saturated heterocycles. The Balaban J connectivity index is 1.91. The SMILES string of the molecule is C1=NC(C2NCCN2)CS1. The lowest BCUT2D eigenvalue weighted by Gasteiger charge is -2.14. The summed E-state index contributed by atoms with van der Waals surface area (Å²) < 4.78 is 0. The summed E-state index contributed by atoms with van der Waals surface area (Å²) in [6.07, 6.45) is 0.436. The molecule has 0 bridgehead atoms. The molecule has 2 rings (SSSR count). The molecule has 2 aliphatic heterocycles. The van der Waals surface area contributed by atoms with E-state index >= 15 is 0 Å². The summed E-state index contributed by atoms with van der Waals surface area (Å²) in [5, 5.41) is 6.72. The van der Waals surface area contributed by atoms with Crippen LogP contribution in [0.5, 0.6) is 0 Å². The van der Waals surface area contributed by atoms with Crippen LogP contribution in [0.1, 0.15) is 0 Å². The fraction of sp³-hybridized carbons (Fsp3) is 0.833. The molecule has 4 heteroatoms. The average molecular weight is 157 g/mol. The Labute approximate surface area is 64.7 Å². The normalized spacial score (nSPS) is 33.8. The number of thioether (sulfide) groups is 1. The topological polar surface area (TPSA) is 36.4 Å². The second-order valence-electron chi connectivity index (χ2n) is 2.54. The second kappa shape index (κ2) is 2.90. The predicted molar refractivity (Wildman–Crippen MR) is 44.5 cm³/mol. The smallest absolute Gasteiger partial charge is 0.0884 e. The maximum atomic E-state index is 4.33. The van der Waals surface area contributed by atoms with Gasteiger partial charge in [-0.25, -0.2) is 0 Å². The summed E-state index contributed by atoms with van der Waals surface area (Å²) in [5.74, 6) is 1.13. The summed E-state index contributed by atoms with van der Waals surface area (Å²) in [6.45, 7) is 2.17. The standard InChI is InChI=1S/C6H11N3S/c1-2-8-6(7-1)5-3-10-4-9-5/h4-8H,1-3H2. The zero-order valence-corrected chi connectivity index (χ0v) is 6.53. The monoisotopic (exact) mass is 157 g/mol. The molecule has 0 saturated carbocycles. The third kappa shape index (κ3) is 1.19. The Bertz CT molecular complexity index is 142. The molecule has 56 valence electrons. The van der Waals surface area contributed by atoms with Gasteiger partial charge in [-0.15, -0.1) is 11.8 Å². The van der Waals surface area contributed by atoms with Gasteiger partial charge in [0.05, 0.1) is 17.8 Å². The van der Waals surface area contributed by atoms with Crippen molar-refractivity contribution in [2.75, 3.05) is 18.8 Å². The number of nitrogens with zero attached hydrogens (tertiary/aromatic N) is 1. The Hall–Kier alpha value is -0.0600. The van der Waals surface area contributed by atoms with Crippen molar-refractivity contribution in [2.24, 2.45) is 4.99 Å².